The standard InChI is InChI=1S/C25H28N2O4/c28-22(17-29-23-7-6-20-3-1-2-4-21(20)14-23)16-27-11-9-26(10-12-27)15-19-5-8-24-25(13-19)31-18-30-24/h1-8,13-14,22,28H,9-12,15-18H2/p+2/t22-/m0/s1. The summed E-state index contributed by atoms with van der Waals surface area (Å²) in [5.41, 5.74) is 1.28. The molecule has 6 nitrogen and oxygen atoms in total. The van der Waals surface area contributed by atoms with Crippen molar-refractivity contribution in [1.82, 2.24) is 0 Å². The summed E-state index contributed by atoms with van der Waals surface area (Å²) in [5, 5.41) is 12.8. The summed E-state index contributed by atoms with van der Waals surface area (Å²) in [7, 11) is 0. The van der Waals surface area contributed by atoms with E-state index >= 15 is 0 Å². The van der Waals surface area contributed by atoms with E-state index in [4.69, 9.17) is 14.2 Å². The van der Waals surface area contributed by atoms with E-state index in [-0.39, 0.29) is 0 Å². The fraction of sp³-hybridized carbons (Fsp3) is 0.360. The molecule has 31 heavy (non-hydrogen) atoms. The SMILES string of the molecule is O[C@H](COc1ccc2ccccc2c1)C[NH+]1CC[NH+](Cc2ccc3c(c2)OCO3)CC1. The number of hydrogen-bond donors (Lipinski definition) is 3. The van der Waals surface area contributed by atoms with Crippen molar-refractivity contribution in [3.8, 4) is 17.2 Å². The maximum atomic E-state index is 10.5. The average molecular weight is 423 g/mol. The third-order valence-electron chi connectivity index (χ3n) is 6.24. The summed E-state index contributed by atoms with van der Waals surface area (Å²) in [4.78, 5) is 3.02. The Kier molecular flexibility index (Phi) is 5.93. The Hall–Kier alpha value is -2.80. The van der Waals surface area contributed by atoms with Gasteiger partial charge in [0, 0.05) is 5.56 Å². The minimum Gasteiger partial charge on any atom is -0.491 e. The molecule has 0 amide bonds. The lowest BCUT2D eigenvalue weighted by Crippen LogP contribution is -3.28. The first-order valence-electron chi connectivity index (χ1n) is 11.1. The number of benzene rings is 3. The Labute approximate surface area is 182 Å². The molecule has 0 saturated carbocycles. The highest BCUT2D eigenvalue weighted by atomic mass is 16.7. The van der Waals surface area contributed by atoms with Crippen LogP contribution in [0.4, 0.5) is 0 Å². The van der Waals surface area contributed by atoms with Crippen molar-refractivity contribution in [2.24, 2.45) is 0 Å². The molecule has 5 rings (SSSR count). The van der Waals surface area contributed by atoms with E-state index in [0.717, 1.165) is 61.9 Å². The Balaban J connectivity index is 1.06. The van der Waals surface area contributed by atoms with Crippen molar-refractivity contribution in [3.63, 3.8) is 0 Å². The highest BCUT2D eigenvalue weighted by Crippen LogP contribution is 2.32. The van der Waals surface area contributed by atoms with Gasteiger partial charge in [-0.1, -0.05) is 30.3 Å². The van der Waals surface area contributed by atoms with E-state index in [1.165, 1.54) is 15.8 Å². The number of fused-ring (bicyclic) bond motifs is 2. The maximum absolute atomic E-state index is 10.5. The van der Waals surface area contributed by atoms with Crippen molar-refractivity contribution < 1.29 is 29.1 Å². The van der Waals surface area contributed by atoms with Crippen LogP contribution < -0.4 is 24.0 Å². The predicted molar refractivity (Wildman–Crippen MR) is 118 cm³/mol. The van der Waals surface area contributed by atoms with Gasteiger partial charge in [-0.15, -0.1) is 0 Å². The molecule has 0 aliphatic carbocycles. The highest BCUT2D eigenvalue weighted by Gasteiger charge is 2.26. The van der Waals surface area contributed by atoms with Crippen LogP contribution in [0.15, 0.2) is 60.7 Å². The molecule has 3 aromatic rings. The van der Waals surface area contributed by atoms with Gasteiger partial charge >= 0.3 is 0 Å². The molecule has 2 aliphatic rings. The lowest BCUT2D eigenvalue weighted by molar-refractivity contribution is -1.02. The van der Waals surface area contributed by atoms with Crippen LogP contribution in [-0.2, 0) is 6.54 Å². The number of rotatable bonds is 7. The van der Waals surface area contributed by atoms with E-state index in [0.29, 0.717) is 13.4 Å². The molecule has 0 unspecified atom stereocenters. The summed E-state index contributed by atoms with van der Waals surface area (Å²) < 4.78 is 16.7. The van der Waals surface area contributed by atoms with E-state index in [9.17, 15) is 5.11 Å². The van der Waals surface area contributed by atoms with Crippen LogP contribution in [0.2, 0.25) is 0 Å². The van der Waals surface area contributed by atoms with Crippen LogP contribution >= 0.6 is 0 Å². The van der Waals surface area contributed by atoms with Crippen molar-refractivity contribution in [3.05, 3.63) is 66.2 Å². The van der Waals surface area contributed by atoms with Gasteiger partial charge in [0.25, 0.3) is 0 Å². The summed E-state index contributed by atoms with van der Waals surface area (Å²) in [6, 6.07) is 20.5. The topological polar surface area (TPSA) is 56.8 Å². The van der Waals surface area contributed by atoms with Gasteiger partial charge in [0.15, 0.2) is 11.5 Å². The van der Waals surface area contributed by atoms with Crippen LogP contribution in [0.3, 0.4) is 0 Å². The van der Waals surface area contributed by atoms with Gasteiger partial charge in [0.1, 0.15) is 57.7 Å². The molecule has 2 heterocycles. The zero-order chi connectivity index (χ0) is 21.0. The first-order chi connectivity index (χ1) is 15.2. The van der Waals surface area contributed by atoms with E-state index in [2.05, 4.69) is 30.3 Å². The minimum absolute atomic E-state index is 0.320. The van der Waals surface area contributed by atoms with Crippen LogP contribution in [0, 0.1) is 0 Å². The molecular weight excluding hydrogens is 392 g/mol. The molecule has 162 valence electrons. The highest BCUT2D eigenvalue weighted by molar-refractivity contribution is 5.83. The minimum atomic E-state index is -0.461. The Morgan fingerprint density at radius 2 is 1.61 bits per heavy atom. The number of piperazine rings is 1. The fourth-order valence-corrected chi connectivity index (χ4v) is 4.52. The Morgan fingerprint density at radius 3 is 2.48 bits per heavy atom. The Bertz CT molecular complexity index is 1030. The van der Waals surface area contributed by atoms with Crippen molar-refractivity contribution in [2.45, 2.75) is 12.6 Å². The summed E-state index contributed by atoms with van der Waals surface area (Å²) >= 11 is 0. The van der Waals surface area contributed by atoms with E-state index in [1.807, 2.05) is 30.3 Å². The summed E-state index contributed by atoms with van der Waals surface area (Å²) in [6.07, 6.45) is -0.461. The second-order valence-corrected chi connectivity index (χ2v) is 8.54. The number of aliphatic hydroxyl groups is 1. The number of ether oxygens (including phenoxy) is 3. The molecule has 0 radical (unpaired) electrons. The number of nitrogens with one attached hydrogen (secondary N) is 2. The molecule has 1 atom stereocenters. The number of quaternary nitrogens is 2. The van der Waals surface area contributed by atoms with E-state index < -0.39 is 6.10 Å². The van der Waals surface area contributed by atoms with Gasteiger partial charge in [-0.25, -0.2) is 0 Å². The first-order valence-corrected chi connectivity index (χ1v) is 11.1. The van der Waals surface area contributed by atoms with Gasteiger partial charge in [0.2, 0.25) is 6.79 Å². The summed E-state index contributed by atoms with van der Waals surface area (Å²) in [5.74, 6) is 2.51. The molecule has 1 saturated heterocycles. The normalized spacial score (nSPS) is 21.2. The third kappa shape index (κ3) is 4.93. The van der Waals surface area contributed by atoms with Crippen molar-refractivity contribution >= 4 is 10.8 Å². The smallest absolute Gasteiger partial charge is 0.231 e. The monoisotopic (exact) mass is 422 g/mol. The first kappa shape index (κ1) is 20.1. The van der Waals surface area contributed by atoms with Gasteiger partial charge in [-0.3, -0.25) is 0 Å². The summed E-state index contributed by atoms with van der Waals surface area (Å²) in [6.45, 7) is 6.70. The van der Waals surface area contributed by atoms with Crippen molar-refractivity contribution in [1.29, 1.82) is 0 Å². The molecule has 3 N–H and O–H groups in total. The number of hydrogen-bond acceptors (Lipinski definition) is 4. The second-order valence-electron chi connectivity index (χ2n) is 8.54. The molecule has 1 fully saturated rings. The van der Waals surface area contributed by atoms with Crippen LogP contribution in [0.25, 0.3) is 10.8 Å². The molecular formula is C25H30N2O4+2. The zero-order valence-electron chi connectivity index (χ0n) is 17.7. The lowest BCUT2D eigenvalue weighted by atomic mass is 10.1. The molecule has 2 aliphatic heterocycles. The second kappa shape index (κ2) is 9.14. The van der Waals surface area contributed by atoms with Crippen LogP contribution in [-0.4, -0.2) is 57.3 Å². The molecule has 6 heteroatoms. The van der Waals surface area contributed by atoms with E-state index in [1.54, 1.807) is 4.90 Å². The fourth-order valence-electron chi connectivity index (χ4n) is 4.52. The van der Waals surface area contributed by atoms with Crippen LogP contribution in [0.5, 0.6) is 17.2 Å². The number of aliphatic hydroxyl groups excluding tert-OH is 1. The van der Waals surface area contributed by atoms with Crippen molar-refractivity contribution in [2.75, 3.05) is 46.1 Å². The van der Waals surface area contributed by atoms with Gasteiger partial charge < -0.3 is 29.1 Å². The zero-order valence-corrected chi connectivity index (χ0v) is 17.7. The van der Waals surface area contributed by atoms with Gasteiger partial charge in [-0.2, -0.15) is 0 Å². The quantitative estimate of drug-likeness (QED) is 0.513. The molecule has 3 aromatic carbocycles. The Morgan fingerprint density at radius 1 is 0.839 bits per heavy atom. The predicted octanol–water partition coefficient (Wildman–Crippen LogP) is 0.292. The molecule has 0 bridgehead atoms. The maximum Gasteiger partial charge on any atom is 0.231 e. The van der Waals surface area contributed by atoms with Gasteiger partial charge in [0.05, 0.1) is 0 Å². The average Bonchev–Trinajstić information content (AvgIpc) is 3.27. The molecule has 0 spiro atoms. The lowest BCUT2D eigenvalue weighted by Gasteiger charge is -2.30. The van der Waals surface area contributed by atoms with Crippen LogP contribution in [0.1, 0.15) is 5.56 Å². The largest absolute Gasteiger partial charge is 0.491 e. The van der Waals surface area contributed by atoms with Gasteiger partial charge in [-0.05, 0) is 41.1 Å². The molecule has 0 aromatic heterocycles. The third-order valence-corrected chi connectivity index (χ3v) is 6.24.